The fourth-order valence-corrected chi connectivity index (χ4v) is 3.37. The first-order valence-corrected chi connectivity index (χ1v) is 15.0. The molecule has 0 fully saturated rings. The van der Waals surface area contributed by atoms with Crippen molar-refractivity contribution in [3.05, 3.63) is 0 Å². The van der Waals surface area contributed by atoms with Crippen molar-refractivity contribution in [2.75, 3.05) is 99.1 Å². The van der Waals surface area contributed by atoms with Crippen LogP contribution in [0.3, 0.4) is 0 Å². The number of rotatable bonds is 34. The van der Waals surface area contributed by atoms with Gasteiger partial charge in [-0.15, -0.1) is 0 Å². The molecule has 0 bridgehead atoms. The quantitative estimate of drug-likeness (QED) is 0.0663. The first-order valence-electron chi connectivity index (χ1n) is 15.0. The Labute approximate surface area is 245 Å². The van der Waals surface area contributed by atoms with Crippen LogP contribution in [-0.2, 0) is 52.3 Å². The standard InChI is InChI=1S/C29H54O12/c1-2-3-4-5-6-7-8-9-12-34-13-14-35-15-16-36-17-18-37-19-20-38-21-22-39-23-24-40-25-26-41-28(31)11-10-27(30)29(32)33/h2-26H2,1H3,(H,32,33). The Morgan fingerprint density at radius 2 is 0.780 bits per heavy atom. The second kappa shape index (κ2) is 32.8. The first-order chi connectivity index (χ1) is 20.1. The number of ether oxygens (including phenoxy) is 8. The number of Topliss-reactive ketones (excluding diaryl/α,β-unsaturated/α-hetero) is 1. The van der Waals surface area contributed by atoms with Crippen molar-refractivity contribution in [3.63, 3.8) is 0 Å². The van der Waals surface area contributed by atoms with E-state index in [0.29, 0.717) is 79.3 Å². The maximum Gasteiger partial charge on any atom is 0.372 e. The van der Waals surface area contributed by atoms with Gasteiger partial charge in [-0.3, -0.25) is 9.59 Å². The largest absolute Gasteiger partial charge is 0.476 e. The predicted octanol–water partition coefficient (Wildman–Crippen LogP) is 3.22. The number of esters is 1. The van der Waals surface area contributed by atoms with Crippen LogP contribution in [0.4, 0.5) is 0 Å². The van der Waals surface area contributed by atoms with Crippen LogP contribution in [0.15, 0.2) is 0 Å². The normalized spacial score (nSPS) is 11.1. The van der Waals surface area contributed by atoms with Crippen LogP contribution in [0.1, 0.15) is 71.1 Å². The molecule has 12 nitrogen and oxygen atoms in total. The van der Waals surface area contributed by atoms with E-state index in [9.17, 15) is 14.4 Å². The first kappa shape index (κ1) is 39.3. The van der Waals surface area contributed by atoms with Crippen LogP contribution in [0.5, 0.6) is 0 Å². The fraction of sp³-hybridized carbons (Fsp3) is 0.897. The number of carboxylic acids is 1. The minimum absolute atomic E-state index is 0.0247. The molecule has 0 saturated heterocycles. The average molecular weight is 595 g/mol. The molecule has 0 aliphatic rings. The summed E-state index contributed by atoms with van der Waals surface area (Å²) in [5.41, 5.74) is 0. The van der Waals surface area contributed by atoms with Crippen molar-refractivity contribution in [2.45, 2.75) is 71.1 Å². The highest BCUT2D eigenvalue weighted by Crippen LogP contribution is 2.08. The Morgan fingerprint density at radius 1 is 0.439 bits per heavy atom. The molecular formula is C29H54O12. The molecule has 0 aliphatic heterocycles. The van der Waals surface area contributed by atoms with Gasteiger partial charge >= 0.3 is 11.9 Å². The van der Waals surface area contributed by atoms with Gasteiger partial charge in [0.2, 0.25) is 5.78 Å². The smallest absolute Gasteiger partial charge is 0.372 e. The second-order valence-electron chi connectivity index (χ2n) is 9.21. The van der Waals surface area contributed by atoms with Gasteiger partial charge in [-0.2, -0.15) is 0 Å². The highest BCUT2D eigenvalue weighted by molar-refractivity contribution is 6.32. The lowest BCUT2D eigenvalue weighted by Crippen LogP contribution is -2.17. The molecule has 242 valence electrons. The van der Waals surface area contributed by atoms with Crippen molar-refractivity contribution >= 4 is 17.7 Å². The fourth-order valence-electron chi connectivity index (χ4n) is 3.37. The lowest BCUT2D eigenvalue weighted by Gasteiger charge is -2.09. The van der Waals surface area contributed by atoms with E-state index in [1.54, 1.807) is 0 Å². The molecule has 41 heavy (non-hydrogen) atoms. The third-order valence-corrected chi connectivity index (χ3v) is 5.66. The van der Waals surface area contributed by atoms with Gasteiger partial charge in [-0.25, -0.2) is 4.79 Å². The lowest BCUT2D eigenvalue weighted by molar-refractivity contribution is -0.151. The van der Waals surface area contributed by atoms with E-state index in [4.69, 9.17) is 43.0 Å². The van der Waals surface area contributed by atoms with Crippen molar-refractivity contribution in [1.82, 2.24) is 0 Å². The minimum Gasteiger partial charge on any atom is -0.476 e. The topological polar surface area (TPSA) is 145 Å². The monoisotopic (exact) mass is 594 g/mol. The summed E-state index contributed by atoms with van der Waals surface area (Å²) in [6.07, 6.45) is 9.78. The van der Waals surface area contributed by atoms with E-state index in [1.807, 2.05) is 0 Å². The lowest BCUT2D eigenvalue weighted by atomic mass is 10.1. The van der Waals surface area contributed by atoms with Gasteiger partial charge in [0.05, 0.1) is 92.3 Å². The van der Waals surface area contributed by atoms with Crippen LogP contribution in [0.25, 0.3) is 0 Å². The Kier molecular flexibility index (Phi) is 31.5. The molecule has 0 amide bonds. The number of carbonyl (C=O) groups is 3. The summed E-state index contributed by atoms with van der Waals surface area (Å²) in [7, 11) is 0. The number of hydrogen-bond acceptors (Lipinski definition) is 11. The number of carboxylic acid groups (broad SMARTS) is 1. The van der Waals surface area contributed by atoms with Gasteiger partial charge in [-0.05, 0) is 6.42 Å². The van der Waals surface area contributed by atoms with Crippen molar-refractivity contribution in [1.29, 1.82) is 0 Å². The van der Waals surface area contributed by atoms with Crippen LogP contribution in [-0.4, -0.2) is 122 Å². The highest BCUT2D eigenvalue weighted by atomic mass is 16.6. The zero-order chi connectivity index (χ0) is 30.1. The van der Waals surface area contributed by atoms with Crippen LogP contribution in [0.2, 0.25) is 0 Å². The Balaban J connectivity index is 3.12. The molecule has 0 atom stereocenters. The summed E-state index contributed by atoms with van der Waals surface area (Å²) >= 11 is 0. The van der Waals surface area contributed by atoms with Crippen molar-refractivity contribution in [2.24, 2.45) is 0 Å². The van der Waals surface area contributed by atoms with Crippen LogP contribution < -0.4 is 0 Å². The van der Waals surface area contributed by atoms with E-state index in [2.05, 4.69) is 6.92 Å². The summed E-state index contributed by atoms with van der Waals surface area (Å²) in [4.78, 5) is 32.6. The zero-order valence-corrected chi connectivity index (χ0v) is 25.1. The third kappa shape index (κ3) is 32.7. The van der Waals surface area contributed by atoms with Crippen molar-refractivity contribution < 1.29 is 57.4 Å². The molecule has 0 spiro atoms. The van der Waals surface area contributed by atoms with E-state index >= 15 is 0 Å². The SMILES string of the molecule is CCCCCCCCCCOCCOCCOCCOCCOCCOCCOCCOC(=O)CCC(=O)C(=O)O. The molecule has 0 heterocycles. The molecule has 12 heteroatoms. The molecule has 0 aromatic heterocycles. The molecule has 0 aliphatic carbocycles. The summed E-state index contributed by atoms with van der Waals surface area (Å²) in [5, 5.41) is 8.43. The van der Waals surface area contributed by atoms with E-state index in [1.165, 1.54) is 44.9 Å². The van der Waals surface area contributed by atoms with Gasteiger partial charge in [-0.1, -0.05) is 51.9 Å². The Bertz CT molecular complexity index is 602. The summed E-state index contributed by atoms with van der Waals surface area (Å²) in [6.45, 7) is 9.05. The molecular weight excluding hydrogens is 540 g/mol. The van der Waals surface area contributed by atoms with E-state index < -0.39 is 17.7 Å². The van der Waals surface area contributed by atoms with E-state index in [-0.39, 0.29) is 26.1 Å². The van der Waals surface area contributed by atoms with Crippen molar-refractivity contribution in [3.8, 4) is 0 Å². The van der Waals surface area contributed by atoms with Gasteiger partial charge in [0, 0.05) is 13.0 Å². The molecule has 0 aromatic carbocycles. The second-order valence-corrected chi connectivity index (χ2v) is 9.21. The number of hydrogen-bond donors (Lipinski definition) is 1. The zero-order valence-electron chi connectivity index (χ0n) is 25.1. The summed E-state index contributed by atoms with van der Waals surface area (Å²) < 4.78 is 42.9. The maximum absolute atomic E-state index is 11.3. The molecule has 0 rings (SSSR count). The number of ketones is 1. The van der Waals surface area contributed by atoms with Crippen LogP contribution >= 0.6 is 0 Å². The number of carbonyl (C=O) groups excluding carboxylic acids is 2. The Hall–Kier alpha value is -1.67. The third-order valence-electron chi connectivity index (χ3n) is 5.66. The number of unbranched alkanes of at least 4 members (excludes halogenated alkanes) is 7. The Morgan fingerprint density at radius 3 is 1.17 bits per heavy atom. The molecule has 0 unspecified atom stereocenters. The maximum atomic E-state index is 11.3. The van der Waals surface area contributed by atoms with Gasteiger partial charge < -0.3 is 43.0 Å². The number of aliphatic carboxylic acids is 1. The predicted molar refractivity (Wildman–Crippen MR) is 151 cm³/mol. The highest BCUT2D eigenvalue weighted by Gasteiger charge is 2.14. The summed E-state index contributed by atoms with van der Waals surface area (Å²) in [5.74, 6) is -3.21. The minimum atomic E-state index is -1.56. The molecule has 0 saturated carbocycles. The molecule has 0 radical (unpaired) electrons. The summed E-state index contributed by atoms with van der Waals surface area (Å²) in [6, 6.07) is 0. The molecule has 0 aromatic rings. The average Bonchev–Trinajstić information content (AvgIpc) is 2.96. The molecule has 1 N–H and O–H groups in total. The van der Waals surface area contributed by atoms with E-state index in [0.717, 1.165) is 13.0 Å². The van der Waals surface area contributed by atoms with Gasteiger partial charge in [0.15, 0.2) is 0 Å². The van der Waals surface area contributed by atoms with Gasteiger partial charge in [0.25, 0.3) is 0 Å². The van der Waals surface area contributed by atoms with Gasteiger partial charge in [0.1, 0.15) is 6.61 Å². The van der Waals surface area contributed by atoms with Crippen LogP contribution in [0, 0.1) is 0 Å².